The molecule has 1 saturated heterocycles. The van der Waals surface area contributed by atoms with E-state index in [1.165, 1.54) is 24.3 Å². The first kappa shape index (κ1) is 12.2. The van der Waals surface area contributed by atoms with Crippen molar-refractivity contribution >= 4 is 23.5 Å². The first-order valence-electron chi connectivity index (χ1n) is 11.5. The second kappa shape index (κ2) is 8.55. The van der Waals surface area contributed by atoms with Crippen molar-refractivity contribution in [3.8, 4) is 0 Å². The molecule has 0 saturated carbocycles. The molecule has 2 aromatic carbocycles. The summed E-state index contributed by atoms with van der Waals surface area (Å²) in [7, 11) is 0. The number of hydrogen-bond acceptors (Lipinski definition) is 5. The second-order valence-electron chi connectivity index (χ2n) is 5.77. The smallest absolute Gasteiger partial charge is 0.338 e. The van der Waals surface area contributed by atoms with Gasteiger partial charge in [-0.15, -0.1) is 0 Å². The Balaban J connectivity index is 2.02. The van der Waals surface area contributed by atoms with Gasteiger partial charge in [-0.1, -0.05) is 47.0 Å². The van der Waals surface area contributed by atoms with Gasteiger partial charge in [-0.05, 0) is 38.1 Å². The van der Waals surface area contributed by atoms with E-state index in [-0.39, 0.29) is 11.1 Å². The largest absolute Gasteiger partial charge is 0.459 e. The first-order valence-corrected chi connectivity index (χ1v) is 8.34. The van der Waals surface area contributed by atoms with Crippen LogP contribution in [0.1, 0.15) is 47.8 Å². The Morgan fingerprint density at radius 2 is 1.63 bits per heavy atom. The quantitative estimate of drug-likeness (QED) is 0.564. The zero-order valence-corrected chi connectivity index (χ0v) is 15.3. The van der Waals surface area contributed by atoms with Crippen LogP contribution in [0.2, 0.25) is 0 Å². The van der Waals surface area contributed by atoms with E-state index in [1.807, 2.05) is 0 Å². The lowest BCUT2D eigenvalue weighted by atomic mass is 10.1. The molecule has 0 radical (unpaired) electrons. The minimum atomic E-state index is -3.60. The Hall–Kier alpha value is -2.37. The third-order valence-corrected chi connectivity index (χ3v) is 3.79. The number of rotatable bonds is 5. The van der Waals surface area contributed by atoms with Crippen LogP contribution in [-0.2, 0) is 14.2 Å². The fraction of sp³-hybridized carbons (Fsp3) is 0.333. The van der Waals surface area contributed by atoms with Gasteiger partial charge in [0, 0.05) is 9.11 Å². The number of ether oxygens (including phenoxy) is 3. The van der Waals surface area contributed by atoms with Crippen molar-refractivity contribution in [2.24, 2.45) is 0 Å². The molecular formula is C21H21ClO5. The molecule has 3 rings (SSSR count). The summed E-state index contributed by atoms with van der Waals surface area (Å²) in [5.74, 6) is -2.56. The van der Waals surface area contributed by atoms with Crippen LogP contribution >= 0.6 is 11.6 Å². The molecule has 0 aromatic heterocycles. The van der Waals surface area contributed by atoms with Crippen LogP contribution in [0.25, 0.3) is 0 Å². The SMILES string of the molecule is [2H]C1([2H])[C@@]([2H])(Cl)O[C@]([2H])(C([2H])([2H])OC(=O)c2ccc(C)cc2)[C@@]1([2H])OC(=O)c1ccc(C)cc1. The highest BCUT2D eigenvalue weighted by molar-refractivity contribution is 6.19. The zero-order chi connectivity index (χ0) is 25.7. The van der Waals surface area contributed by atoms with E-state index < -0.39 is 42.6 Å². The number of carbonyl (C=O) groups excluding carboxylic acids is 2. The Labute approximate surface area is 173 Å². The summed E-state index contributed by atoms with van der Waals surface area (Å²) in [4.78, 5) is 25.3. The van der Waals surface area contributed by atoms with Gasteiger partial charge in [0.1, 0.15) is 24.3 Å². The van der Waals surface area contributed by atoms with Gasteiger partial charge in [-0.25, -0.2) is 9.59 Å². The van der Waals surface area contributed by atoms with Crippen molar-refractivity contribution in [3.05, 3.63) is 70.8 Å². The summed E-state index contributed by atoms with van der Waals surface area (Å²) in [6, 6.07) is 11.5. The number of halogens is 1. The Kier molecular flexibility index (Phi) is 3.85. The van der Waals surface area contributed by atoms with Crippen molar-refractivity contribution in [2.45, 2.75) is 37.9 Å². The fourth-order valence-electron chi connectivity index (χ4n) is 2.13. The zero-order valence-electron chi connectivity index (χ0n) is 21.5. The van der Waals surface area contributed by atoms with Gasteiger partial charge >= 0.3 is 11.9 Å². The summed E-state index contributed by atoms with van der Waals surface area (Å²) in [5.41, 5.74) is -1.89. The molecule has 3 atom stereocenters. The summed E-state index contributed by atoms with van der Waals surface area (Å²) in [5, 5.41) is 0. The van der Waals surface area contributed by atoms with Crippen LogP contribution in [0.3, 0.4) is 0 Å². The maximum absolute atomic E-state index is 12.7. The number of alkyl halides is 1. The minimum Gasteiger partial charge on any atom is -0.459 e. The number of aryl methyl sites for hydroxylation is 2. The van der Waals surface area contributed by atoms with Crippen molar-refractivity contribution in [1.29, 1.82) is 0 Å². The number of benzene rings is 2. The van der Waals surface area contributed by atoms with Gasteiger partial charge in [0.2, 0.25) is 0 Å². The topological polar surface area (TPSA) is 61.8 Å². The van der Waals surface area contributed by atoms with Crippen LogP contribution in [0, 0.1) is 13.8 Å². The van der Waals surface area contributed by atoms with Crippen molar-refractivity contribution in [1.82, 2.24) is 0 Å². The van der Waals surface area contributed by atoms with Gasteiger partial charge in [-0.3, -0.25) is 0 Å². The van der Waals surface area contributed by atoms with Crippen LogP contribution in [0.4, 0.5) is 0 Å². The molecule has 6 heteroatoms. The molecule has 1 fully saturated rings. The monoisotopic (exact) mass is 395 g/mol. The summed E-state index contributed by atoms with van der Waals surface area (Å²) in [6.07, 6.45) is -10.6. The molecule has 0 aliphatic carbocycles. The molecule has 2 aromatic rings. The highest BCUT2D eigenvalue weighted by Gasteiger charge is 2.38. The molecule has 1 aliphatic heterocycles. The van der Waals surface area contributed by atoms with Crippen LogP contribution < -0.4 is 0 Å². The second-order valence-corrected chi connectivity index (χ2v) is 6.12. The van der Waals surface area contributed by atoms with E-state index >= 15 is 0 Å². The lowest BCUT2D eigenvalue weighted by Crippen LogP contribution is -2.32. The van der Waals surface area contributed by atoms with E-state index in [0.29, 0.717) is 0 Å². The average molecular weight is 396 g/mol. The maximum Gasteiger partial charge on any atom is 0.338 e. The summed E-state index contributed by atoms with van der Waals surface area (Å²) < 4.78 is 72.5. The van der Waals surface area contributed by atoms with Gasteiger partial charge in [0.05, 0.1) is 18.0 Å². The lowest BCUT2D eigenvalue weighted by Gasteiger charge is -2.19. The van der Waals surface area contributed by atoms with Crippen LogP contribution in [-0.4, -0.2) is 36.2 Å². The molecule has 0 bridgehead atoms. The molecule has 142 valence electrons. The highest BCUT2D eigenvalue weighted by Crippen LogP contribution is 2.27. The van der Waals surface area contributed by atoms with Crippen LogP contribution in [0.15, 0.2) is 48.5 Å². The summed E-state index contributed by atoms with van der Waals surface area (Å²) >= 11 is 5.79. The predicted molar refractivity (Wildman–Crippen MR) is 101 cm³/mol. The predicted octanol–water partition coefficient (Wildman–Crippen LogP) is 4.04. The van der Waals surface area contributed by atoms with Gasteiger partial charge in [0.25, 0.3) is 0 Å². The van der Waals surface area contributed by atoms with E-state index in [9.17, 15) is 9.59 Å². The standard InChI is InChI=1S/C21H21ClO5/c1-13-3-7-15(8-4-13)20(23)25-12-18-17(11-19(22)26-18)27-21(24)16-9-5-14(2)6-10-16/h3-10,17-19H,11-12H2,1-2H3/t17-,18+,19-/m0/s1/i11D2,12D2,17D,18D,19D. The molecule has 27 heavy (non-hydrogen) atoms. The molecule has 0 amide bonds. The highest BCUT2D eigenvalue weighted by atomic mass is 35.5. The maximum atomic E-state index is 12.7. The van der Waals surface area contributed by atoms with Crippen molar-refractivity contribution in [2.75, 3.05) is 6.56 Å². The molecule has 5 nitrogen and oxygen atoms in total. The van der Waals surface area contributed by atoms with E-state index in [4.69, 9.17) is 35.4 Å². The Bertz CT molecular complexity index is 1110. The van der Waals surface area contributed by atoms with E-state index in [2.05, 4.69) is 0 Å². The average Bonchev–Trinajstić information content (AvgIpc) is 2.83. The van der Waals surface area contributed by atoms with Crippen LogP contribution in [0.5, 0.6) is 0 Å². The van der Waals surface area contributed by atoms with E-state index in [0.717, 1.165) is 11.1 Å². The first-order chi connectivity index (χ1) is 15.5. The molecule has 0 unspecified atom stereocenters. The molecule has 1 heterocycles. The third-order valence-electron chi connectivity index (χ3n) is 3.62. The Morgan fingerprint density at radius 1 is 1.11 bits per heavy atom. The third kappa shape index (κ3) is 5.08. The van der Waals surface area contributed by atoms with E-state index in [1.54, 1.807) is 38.1 Å². The normalized spacial score (nSPS) is 36.0. The minimum absolute atomic E-state index is 0.102. The fourth-order valence-corrected chi connectivity index (χ4v) is 2.29. The van der Waals surface area contributed by atoms with Gasteiger partial charge in [0.15, 0.2) is 0 Å². The molecular weight excluding hydrogens is 368 g/mol. The number of esters is 2. The molecule has 1 aliphatic rings. The van der Waals surface area contributed by atoms with Gasteiger partial charge < -0.3 is 14.2 Å². The Morgan fingerprint density at radius 3 is 2.19 bits per heavy atom. The molecule has 0 N–H and O–H groups in total. The lowest BCUT2D eigenvalue weighted by molar-refractivity contribution is -0.0322. The molecule has 0 spiro atoms. The van der Waals surface area contributed by atoms with Gasteiger partial charge in [-0.2, -0.15) is 0 Å². The summed E-state index contributed by atoms with van der Waals surface area (Å²) in [6.45, 7) is -0.0969. The number of hydrogen-bond donors (Lipinski definition) is 0. The van der Waals surface area contributed by atoms with Crippen molar-refractivity contribution < 1.29 is 33.4 Å². The van der Waals surface area contributed by atoms with Crippen molar-refractivity contribution in [3.63, 3.8) is 0 Å². The number of carbonyl (C=O) groups is 2.